The number of rotatable bonds is 2. The Balaban J connectivity index is 2.20. The average molecular weight is 196 g/mol. The van der Waals surface area contributed by atoms with Crippen LogP contribution < -0.4 is 14.1 Å². The Morgan fingerprint density at radius 3 is 2.57 bits per heavy atom. The van der Waals surface area contributed by atoms with Gasteiger partial charge < -0.3 is 24.2 Å². The number of fused-ring (bicyclic) bond motifs is 1. The van der Waals surface area contributed by atoms with Crippen molar-refractivity contribution in [2.75, 3.05) is 13.2 Å². The number of hydrogen-bond donors (Lipinski definition) is 2. The quantitative estimate of drug-likeness (QED) is 0.641. The van der Waals surface area contributed by atoms with Crippen molar-refractivity contribution in [2.24, 2.45) is 0 Å². The highest BCUT2D eigenvalue weighted by molar-refractivity contribution is 6.33. The Labute approximate surface area is 81.0 Å². The summed E-state index contributed by atoms with van der Waals surface area (Å²) in [6.07, 6.45) is 0. The summed E-state index contributed by atoms with van der Waals surface area (Å²) in [5, 5.41) is 17.1. The Kier molecular flexibility index (Phi) is 2.47. The van der Waals surface area contributed by atoms with Gasteiger partial charge in [0.15, 0.2) is 11.5 Å². The minimum absolute atomic E-state index is 0.323. The molecule has 2 N–H and O–H groups in total. The second kappa shape index (κ2) is 3.77. The third kappa shape index (κ3) is 1.91. The van der Waals surface area contributed by atoms with E-state index in [1.165, 1.54) is 0 Å². The number of hydrogen-bond acceptors (Lipinski definition) is 5. The maximum Gasteiger partial charge on any atom is 0.707 e. The van der Waals surface area contributed by atoms with Gasteiger partial charge in [-0.3, -0.25) is 0 Å². The van der Waals surface area contributed by atoms with Gasteiger partial charge in [0.2, 0.25) is 0 Å². The first-order valence-corrected chi connectivity index (χ1v) is 4.18. The highest BCUT2D eigenvalue weighted by Crippen LogP contribution is 2.33. The molecule has 5 nitrogen and oxygen atoms in total. The fourth-order valence-electron chi connectivity index (χ4n) is 1.22. The van der Waals surface area contributed by atoms with Crippen LogP contribution >= 0.6 is 0 Å². The summed E-state index contributed by atoms with van der Waals surface area (Å²) in [4.78, 5) is 0. The van der Waals surface area contributed by atoms with Crippen molar-refractivity contribution < 1.29 is 24.2 Å². The molecule has 0 unspecified atom stereocenters. The molecule has 2 rings (SSSR count). The topological polar surface area (TPSA) is 68.2 Å². The summed E-state index contributed by atoms with van der Waals surface area (Å²) in [5.74, 6) is 1.51. The lowest BCUT2D eigenvalue weighted by Gasteiger charge is -2.18. The Morgan fingerprint density at radius 1 is 1.14 bits per heavy atom. The number of ether oxygens (including phenoxy) is 2. The molecule has 0 saturated carbocycles. The van der Waals surface area contributed by atoms with Gasteiger partial charge >= 0.3 is 7.32 Å². The van der Waals surface area contributed by atoms with Crippen molar-refractivity contribution in [3.8, 4) is 17.2 Å². The van der Waals surface area contributed by atoms with E-state index in [0.717, 1.165) is 0 Å². The summed E-state index contributed by atoms with van der Waals surface area (Å²) in [7, 11) is -1.82. The first kappa shape index (κ1) is 9.17. The molecule has 74 valence electrons. The van der Waals surface area contributed by atoms with Crippen LogP contribution in [-0.2, 0) is 0 Å². The average Bonchev–Trinajstić information content (AvgIpc) is 2.17. The zero-order valence-corrected chi connectivity index (χ0v) is 7.34. The maximum atomic E-state index is 8.57. The van der Waals surface area contributed by atoms with E-state index in [9.17, 15) is 0 Å². The molecule has 1 aromatic rings. The molecular weight excluding hydrogens is 187 g/mol. The maximum absolute atomic E-state index is 8.57. The van der Waals surface area contributed by atoms with Gasteiger partial charge in [-0.05, 0) is 12.1 Å². The van der Waals surface area contributed by atoms with Crippen LogP contribution in [0.3, 0.4) is 0 Å². The zero-order chi connectivity index (χ0) is 9.97. The minimum Gasteiger partial charge on any atom is -0.512 e. The summed E-state index contributed by atoms with van der Waals surface area (Å²) >= 11 is 0. The van der Waals surface area contributed by atoms with E-state index < -0.39 is 7.32 Å². The highest BCUT2D eigenvalue weighted by atomic mass is 16.6. The molecule has 1 heterocycles. The molecular formula is C8H9BO5. The third-order valence-corrected chi connectivity index (χ3v) is 1.76. The van der Waals surface area contributed by atoms with E-state index in [1.54, 1.807) is 18.2 Å². The molecule has 1 aromatic carbocycles. The molecule has 0 amide bonds. The Hall–Kier alpha value is -1.40. The van der Waals surface area contributed by atoms with Crippen LogP contribution in [0.25, 0.3) is 0 Å². The molecule has 6 heteroatoms. The van der Waals surface area contributed by atoms with Crippen LogP contribution in [0.5, 0.6) is 17.2 Å². The van der Waals surface area contributed by atoms with Gasteiger partial charge in [0.25, 0.3) is 0 Å². The summed E-state index contributed by atoms with van der Waals surface area (Å²) < 4.78 is 15.2. The molecule has 0 aliphatic carbocycles. The smallest absolute Gasteiger partial charge is 0.512 e. The molecule has 0 spiro atoms. The van der Waals surface area contributed by atoms with E-state index in [4.69, 9.17) is 19.5 Å². The van der Waals surface area contributed by atoms with Gasteiger partial charge in [-0.2, -0.15) is 0 Å². The Bertz CT molecular complexity index is 328. The van der Waals surface area contributed by atoms with Crippen LogP contribution in [0.4, 0.5) is 0 Å². The van der Waals surface area contributed by atoms with Crippen LogP contribution in [0.2, 0.25) is 0 Å². The second-order valence-electron chi connectivity index (χ2n) is 2.75. The van der Waals surface area contributed by atoms with E-state index >= 15 is 0 Å². The van der Waals surface area contributed by atoms with Crippen molar-refractivity contribution >= 4 is 7.32 Å². The zero-order valence-electron chi connectivity index (χ0n) is 7.34. The van der Waals surface area contributed by atoms with Crippen molar-refractivity contribution in [3.05, 3.63) is 18.2 Å². The van der Waals surface area contributed by atoms with Crippen LogP contribution in [-0.4, -0.2) is 30.6 Å². The first-order valence-electron chi connectivity index (χ1n) is 4.18. The lowest BCUT2D eigenvalue weighted by Crippen LogP contribution is -2.21. The van der Waals surface area contributed by atoms with Gasteiger partial charge in [-0.15, -0.1) is 0 Å². The molecule has 0 radical (unpaired) electrons. The van der Waals surface area contributed by atoms with E-state index in [-0.39, 0.29) is 0 Å². The predicted octanol–water partition coefficient (Wildman–Crippen LogP) is -0.194. The van der Waals surface area contributed by atoms with Gasteiger partial charge in [-0.1, -0.05) is 0 Å². The van der Waals surface area contributed by atoms with Gasteiger partial charge in [0.05, 0.1) is 0 Å². The van der Waals surface area contributed by atoms with Crippen molar-refractivity contribution in [3.63, 3.8) is 0 Å². The largest absolute Gasteiger partial charge is 0.707 e. The highest BCUT2D eigenvalue weighted by Gasteiger charge is 2.15. The van der Waals surface area contributed by atoms with Crippen molar-refractivity contribution in [2.45, 2.75) is 0 Å². The second-order valence-corrected chi connectivity index (χ2v) is 2.75. The molecule has 0 atom stereocenters. The van der Waals surface area contributed by atoms with Gasteiger partial charge in [-0.25, -0.2) is 0 Å². The molecule has 0 bridgehead atoms. The van der Waals surface area contributed by atoms with E-state index in [0.29, 0.717) is 30.5 Å². The summed E-state index contributed by atoms with van der Waals surface area (Å²) in [5.41, 5.74) is 0. The van der Waals surface area contributed by atoms with E-state index in [1.807, 2.05) is 0 Å². The van der Waals surface area contributed by atoms with Gasteiger partial charge in [0, 0.05) is 6.07 Å². The Morgan fingerprint density at radius 2 is 1.86 bits per heavy atom. The van der Waals surface area contributed by atoms with Crippen LogP contribution in [0.1, 0.15) is 0 Å². The normalized spacial score (nSPS) is 13.6. The fraction of sp³-hybridized carbons (Fsp3) is 0.250. The lowest BCUT2D eigenvalue weighted by atomic mass is 10.2. The molecule has 0 aromatic heterocycles. The van der Waals surface area contributed by atoms with Crippen LogP contribution in [0, 0.1) is 0 Å². The van der Waals surface area contributed by atoms with Gasteiger partial charge in [0.1, 0.15) is 19.0 Å². The molecule has 0 fully saturated rings. The standard InChI is InChI=1S/C8H9BO5/c10-9(11)14-6-1-2-7-8(5-6)13-4-3-12-7/h1-2,5,10-11H,3-4H2. The third-order valence-electron chi connectivity index (χ3n) is 1.76. The summed E-state index contributed by atoms with van der Waals surface area (Å²) in [6.45, 7) is 1.01. The SMILES string of the molecule is OB(O)Oc1ccc2c(c1)OCCO2. The van der Waals surface area contributed by atoms with E-state index in [2.05, 4.69) is 4.65 Å². The predicted molar refractivity (Wildman–Crippen MR) is 48.3 cm³/mol. The monoisotopic (exact) mass is 196 g/mol. The molecule has 14 heavy (non-hydrogen) atoms. The number of benzene rings is 1. The molecule has 1 aliphatic heterocycles. The first-order chi connectivity index (χ1) is 6.75. The van der Waals surface area contributed by atoms with Crippen LogP contribution in [0.15, 0.2) is 18.2 Å². The minimum atomic E-state index is -1.82. The fourth-order valence-corrected chi connectivity index (χ4v) is 1.22. The molecule has 0 saturated heterocycles. The lowest BCUT2D eigenvalue weighted by molar-refractivity contribution is 0.171. The van der Waals surface area contributed by atoms with Crippen molar-refractivity contribution in [1.29, 1.82) is 0 Å². The summed E-state index contributed by atoms with van der Waals surface area (Å²) in [6, 6.07) is 4.78. The van der Waals surface area contributed by atoms with Crippen molar-refractivity contribution in [1.82, 2.24) is 0 Å². The molecule has 1 aliphatic rings.